The smallest absolute Gasteiger partial charge is 0.321 e. The number of methoxy groups -OCH3 is 1. The van der Waals surface area contributed by atoms with Gasteiger partial charge in [-0.3, -0.25) is 4.79 Å². The van der Waals surface area contributed by atoms with Crippen molar-refractivity contribution < 1.29 is 14.3 Å². The Morgan fingerprint density at radius 3 is 2.68 bits per heavy atom. The van der Waals surface area contributed by atoms with Crippen LogP contribution in [0.5, 0.6) is 5.75 Å². The molecule has 2 heterocycles. The van der Waals surface area contributed by atoms with Crippen LogP contribution in [0.2, 0.25) is 0 Å². The lowest BCUT2D eigenvalue weighted by Gasteiger charge is -2.40. The molecular weight excluding hydrogens is 392 g/mol. The third-order valence-electron chi connectivity index (χ3n) is 6.29. The summed E-state index contributed by atoms with van der Waals surface area (Å²) in [6.45, 7) is 9.40. The van der Waals surface area contributed by atoms with Crippen molar-refractivity contribution in [3.05, 3.63) is 24.3 Å². The maximum Gasteiger partial charge on any atom is 0.321 e. The number of anilines is 1. The van der Waals surface area contributed by atoms with Crippen LogP contribution in [0.1, 0.15) is 46.0 Å². The van der Waals surface area contributed by atoms with Crippen LogP contribution in [0.15, 0.2) is 24.3 Å². The summed E-state index contributed by atoms with van der Waals surface area (Å²) in [5.41, 5.74) is 0.715. The Kier molecular flexibility index (Phi) is 8.58. The number of rotatable bonds is 8. The van der Waals surface area contributed by atoms with Gasteiger partial charge in [-0.25, -0.2) is 4.79 Å². The molecule has 2 fully saturated rings. The number of urea groups is 1. The Balaban J connectivity index is 1.59. The maximum absolute atomic E-state index is 13.0. The minimum atomic E-state index is -0.119. The zero-order valence-electron chi connectivity index (χ0n) is 19.3. The molecular formula is C24H38N4O3. The monoisotopic (exact) mass is 430 g/mol. The van der Waals surface area contributed by atoms with Crippen LogP contribution in [-0.4, -0.2) is 79.1 Å². The fourth-order valence-electron chi connectivity index (χ4n) is 4.57. The summed E-state index contributed by atoms with van der Waals surface area (Å²) in [5, 5.41) is 2.97. The van der Waals surface area contributed by atoms with Gasteiger partial charge in [-0.2, -0.15) is 0 Å². The third kappa shape index (κ3) is 6.60. The van der Waals surface area contributed by atoms with Gasteiger partial charge in [0, 0.05) is 43.3 Å². The van der Waals surface area contributed by atoms with Crippen LogP contribution in [0.3, 0.4) is 0 Å². The van der Waals surface area contributed by atoms with Gasteiger partial charge in [0.2, 0.25) is 5.91 Å². The van der Waals surface area contributed by atoms with Gasteiger partial charge in [-0.15, -0.1) is 0 Å². The minimum Gasteiger partial charge on any atom is -0.497 e. The molecule has 0 saturated carbocycles. The van der Waals surface area contributed by atoms with Gasteiger partial charge in [-0.1, -0.05) is 19.9 Å². The molecule has 7 heteroatoms. The van der Waals surface area contributed by atoms with Crippen molar-refractivity contribution in [2.75, 3.05) is 51.7 Å². The van der Waals surface area contributed by atoms with Crippen LogP contribution in [0.4, 0.5) is 10.5 Å². The molecule has 31 heavy (non-hydrogen) atoms. The fourth-order valence-corrected chi connectivity index (χ4v) is 4.57. The molecule has 2 aliphatic rings. The summed E-state index contributed by atoms with van der Waals surface area (Å²) < 4.78 is 5.24. The van der Waals surface area contributed by atoms with E-state index >= 15 is 0 Å². The number of carbonyl (C=O) groups is 2. The number of piperidine rings is 1. The largest absolute Gasteiger partial charge is 0.497 e. The van der Waals surface area contributed by atoms with E-state index in [0.29, 0.717) is 24.5 Å². The zero-order chi connectivity index (χ0) is 22.2. The molecule has 1 aromatic rings. The summed E-state index contributed by atoms with van der Waals surface area (Å²) in [7, 11) is 1.61. The van der Waals surface area contributed by atoms with Crippen LogP contribution >= 0.6 is 0 Å². The van der Waals surface area contributed by atoms with Crippen molar-refractivity contribution in [2.24, 2.45) is 5.92 Å². The lowest BCUT2D eigenvalue weighted by molar-refractivity contribution is -0.138. The van der Waals surface area contributed by atoms with E-state index in [2.05, 4.69) is 10.2 Å². The summed E-state index contributed by atoms with van der Waals surface area (Å²) in [6.07, 6.45) is 5.42. The summed E-state index contributed by atoms with van der Waals surface area (Å²) in [4.78, 5) is 32.3. The van der Waals surface area contributed by atoms with Crippen LogP contribution < -0.4 is 10.1 Å². The van der Waals surface area contributed by atoms with Gasteiger partial charge in [0.25, 0.3) is 0 Å². The second-order valence-electron chi connectivity index (χ2n) is 8.99. The van der Waals surface area contributed by atoms with E-state index in [1.165, 1.54) is 25.9 Å². The van der Waals surface area contributed by atoms with E-state index in [1.807, 2.05) is 47.9 Å². The molecule has 1 aromatic carbocycles. The van der Waals surface area contributed by atoms with Gasteiger partial charge in [0.1, 0.15) is 5.75 Å². The van der Waals surface area contributed by atoms with Crippen LogP contribution in [0, 0.1) is 5.92 Å². The first-order valence-electron chi connectivity index (χ1n) is 11.7. The molecule has 3 amide bonds. The molecule has 0 radical (unpaired) electrons. The topological polar surface area (TPSA) is 65.1 Å². The number of hydrogen-bond donors (Lipinski definition) is 1. The number of likely N-dealkylation sites (tertiary alicyclic amines) is 2. The number of benzene rings is 1. The Labute approximate surface area is 186 Å². The number of ether oxygens (including phenoxy) is 1. The normalized spacial score (nSPS) is 19.5. The Hall–Kier alpha value is -2.28. The van der Waals surface area contributed by atoms with Crippen molar-refractivity contribution in [3.8, 4) is 5.75 Å². The Bertz CT molecular complexity index is 733. The quantitative estimate of drug-likeness (QED) is 0.684. The van der Waals surface area contributed by atoms with Gasteiger partial charge in [0.15, 0.2) is 0 Å². The average molecular weight is 431 g/mol. The molecule has 1 N–H and O–H groups in total. The van der Waals surface area contributed by atoms with Crippen molar-refractivity contribution >= 4 is 17.6 Å². The third-order valence-corrected chi connectivity index (χ3v) is 6.29. The van der Waals surface area contributed by atoms with E-state index in [-0.39, 0.29) is 23.9 Å². The van der Waals surface area contributed by atoms with Gasteiger partial charge in [0.05, 0.1) is 7.11 Å². The molecule has 2 aliphatic heterocycles. The van der Waals surface area contributed by atoms with E-state index in [0.717, 1.165) is 32.4 Å². The second-order valence-corrected chi connectivity index (χ2v) is 8.99. The number of nitrogens with one attached hydrogen (secondary N) is 1. The molecule has 7 nitrogen and oxygen atoms in total. The number of hydrogen-bond acceptors (Lipinski definition) is 4. The summed E-state index contributed by atoms with van der Waals surface area (Å²) in [5.74, 6) is 0.871. The van der Waals surface area contributed by atoms with E-state index in [4.69, 9.17) is 4.74 Å². The number of nitrogens with zero attached hydrogens (tertiary/aromatic N) is 3. The van der Waals surface area contributed by atoms with Gasteiger partial charge >= 0.3 is 6.03 Å². The Morgan fingerprint density at radius 1 is 1.19 bits per heavy atom. The first-order chi connectivity index (χ1) is 15.0. The van der Waals surface area contributed by atoms with Crippen molar-refractivity contribution in [2.45, 2.75) is 52.0 Å². The lowest BCUT2D eigenvalue weighted by atomic mass is 10.0. The van der Waals surface area contributed by atoms with E-state index < -0.39 is 0 Å². The molecule has 0 bridgehead atoms. The predicted molar refractivity (Wildman–Crippen MR) is 123 cm³/mol. The number of amides is 3. The highest BCUT2D eigenvalue weighted by Gasteiger charge is 2.31. The average Bonchev–Trinajstić information content (AvgIpc) is 3.30. The SMILES string of the molecule is COc1cccc(NC(=O)N2CCCC(N(CCCN3CCCC3)C(=O)C(C)C)C2)c1. The zero-order valence-corrected chi connectivity index (χ0v) is 19.3. The van der Waals surface area contributed by atoms with Crippen LogP contribution in [0.25, 0.3) is 0 Å². The molecule has 3 rings (SSSR count). The second kappa shape index (κ2) is 11.4. The fraction of sp³-hybridized carbons (Fsp3) is 0.667. The van der Waals surface area contributed by atoms with Crippen LogP contribution in [-0.2, 0) is 4.79 Å². The minimum absolute atomic E-state index is 0.0345. The van der Waals surface area contributed by atoms with Crippen molar-refractivity contribution in [1.29, 1.82) is 0 Å². The summed E-state index contributed by atoms with van der Waals surface area (Å²) >= 11 is 0. The molecule has 172 valence electrons. The molecule has 1 unspecified atom stereocenters. The van der Waals surface area contributed by atoms with Crippen molar-refractivity contribution in [1.82, 2.24) is 14.7 Å². The molecule has 0 aliphatic carbocycles. The Morgan fingerprint density at radius 2 is 1.97 bits per heavy atom. The molecule has 0 spiro atoms. The van der Waals surface area contributed by atoms with E-state index in [1.54, 1.807) is 7.11 Å². The summed E-state index contributed by atoms with van der Waals surface area (Å²) in [6, 6.07) is 7.34. The van der Waals surface area contributed by atoms with Gasteiger partial charge < -0.3 is 24.8 Å². The maximum atomic E-state index is 13.0. The highest BCUT2D eigenvalue weighted by Crippen LogP contribution is 2.21. The lowest BCUT2D eigenvalue weighted by Crippen LogP contribution is -2.53. The first-order valence-corrected chi connectivity index (χ1v) is 11.7. The number of carbonyl (C=O) groups excluding carboxylic acids is 2. The highest BCUT2D eigenvalue weighted by atomic mass is 16.5. The standard InChI is InChI=1S/C24H38N4O3/c1-19(2)23(29)28(16-8-14-26-12-4-5-13-26)21-10-7-15-27(18-21)24(30)25-20-9-6-11-22(17-20)31-3/h6,9,11,17,19,21H,4-5,7-8,10,12-16,18H2,1-3H3,(H,25,30). The van der Waals surface area contributed by atoms with E-state index in [9.17, 15) is 9.59 Å². The molecule has 0 aromatic heterocycles. The predicted octanol–water partition coefficient (Wildman–Crippen LogP) is 3.66. The molecule has 1 atom stereocenters. The van der Waals surface area contributed by atoms with Crippen molar-refractivity contribution in [3.63, 3.8) is 0 Å². The highest BCUT2D eigenvalue weighted by molar-refractivity contribution is 5.89. The first kappa shape index (κ1) is 23.4. The van der Waals surface area contributed by atoms with Gasteiger partial charge in [-0.05, 0) is 63.9 Å². The molecule has 2 saturated heterocycles.